The summed E-state index contributed by atoms with van der Waals surface area (Å²) in [6.45, 7) is 4.74. The van der Waals surface area contributed by atoms with Crippen molar-refractivity contribution in [3.8, 4) is 0 Å². The number of aldehydes is 1. The Bertz CT molecular complexity index is 205. The number of rotatable bonds is 9. The van der Waals surface area contributed by atoms with Crippen molar-refractivity contribution in [2.45, 2.75) is 52.0 Å². The second kappa shape index (κ2) is 9.33. The van der Waals surface area contributed by atoms with Gasteiger partial charge in [-0.05, 0) is 31.7 Å². The minimum atomic E-state index is -0.331. The van der Waals surface area contributed by atoms with Crippen LogP contribution in [0.1, 0.15) is 46.0 Å². The molecule has 0 aromatic carbocycles. The van der Waals surface area contributed by atoms with Crippen LogP contribution in [-0.4, -0.2) is 24.8 Å². The Kier molecular flexibility index (Phi) is 8.81. The maximum absolute atomic E-state index is 11.5. The fourth-order valence-electron chi connectivity index (χ4n) is 1.54. The first-order valence-electron chi connectivity index (χ1n) is 6.04. The smallest absolute Gasteiger partial charge is 0.220 e. The number of carbonyl (C=O) groups is 2. The quantitative estimate of drug-likeness (QED) is 0.460. The molecule has 0 spiro atoms. The van der Waals surface area contributed by atoms with Crippen LogP contribution in [0.4, 0.5) is 0 Å². The summed E-state index contributed by atoms with van der Waals surface area (Å²) in [5.74, 6) is 0.377. The standard InChI is InChI=1S/C12H24N2O2/c1-10(2)8-11(9-15)14-12(16)6-4-3-5-7-13/h9-11H,3-8,13H2,1-2H3,(H,14,16)/t11-/m0/s1. The average molecular weight is 228 g/mol. The Morgan fingerprint density at radius 1 is 1.31 bits per heavy atom. The molecule has 0 rings (SSSR count). The lowest BCUT2D eigenvalue weighted by molar-refractivity contribution is -0.124. The van der Waals surface area contributed by atoms with Crippen molar-refractivity contribution in [1.82, 2.24) is 5.32 Å². The van der Waals surface area contributed by atoms with E-state index in [0.717, 1.165) is 25.5 Å². The van der Waals surface area contributed by atoms with Gasteiger partial charge in [-0.15, -0.1) is 0 Å². The van der Waals surface area contributed by atoms with Crippen LogP contribution in [0, 0.1) is 5.92 Å². The van der Waals surface area contributed by atoms with Crippen LogP contribution < -0.4 is 11.1 Å². The molecule has 4 heteroatoms. The minimum absolute atomic E-state index is 0.0326. The van der Waals surface area contributed by atoms with Gasteiger partial charge in [-0.2, -0.15) is 0 Å². The van der Waals surface area contributed by atoms with Crippen LogP contribution in [0.25, 0.3) is 0 Å². The Hall–Kier alpha value is -0.900. The molecule has 1 atom stereocenters. The lowest BCUT2D eigenvalue weighted by Crippen LogP contribution is -2.36. The summed E-state index contributed by atoms with van der Waals surface area (Å²) in [6.07, 6.45) is 4.78. The largest absolute Gasteiger partial charge is 0.347 e. The maximum atomic E-state index is 11.5. The molecule has 0 aromatic rings. The lowest BCUT2D eigenvalue weighted by atomic mass is 10.0. The number of nitrogens with one attached hydrogen (secondary N) is 1. The first-order chi connectivity index (χ1) is 7.60. The zero-order valence-corrected chi connectivity index (χ0v) is 10.4. The molecular formula is C12H24N2O2. The van der Waals surface area contributed by atoms with Crippen molar-refractivity contribution in [3.63, 3.8) is 0 Å². The number of hydrogen-bond acceptors (Lipinski definition) is 3. The predicted octanol–water partition coefficient (Wildman–Crippen LogP) is 1.24. The number of carbonyl (C=O) groups excluding carboxylic acids is 2. The van der Waals surface area contributed by atoms with E-state index in [1.54, 1.807) is 0 Å². The second-order valence-corrected chi connectivity index (χ2v) is 4.54. The minimum Gasteiger partial charge on any atom is -0.347 e. The van der Waals surface area contributed by atoms with Crippen LogP contribution in [0.5, 0.6) is 0 Å². The summed E-state index contributed by atoms with van der Waals surface area (Å²) in [5.41, 5.74) is 5.36. The Morgan fingerprint density at radius 2 is 2.00 bits per heavy atom. The number of unbranched alkanes of at least 4 members (excludes halogenated alkanes) is 2. The van der Waals surface area contributed by atoms with Crippen LogP contribution >= 0.6 is 0 Å². The number of amides is 1. The van der Waals surface area contributed by atoms with E-state index in [4.69, 9.17) is 5.73 Å². The molecule has 3 N–H and O–H groups in total. The first-order valence-corrected chi connectivity index (χ1v) is 6.04. The monoisotopic (exact) mass is 228 g/mol. The zero-order valence-electron chi connectivity index (χ0n) is 10.4. The molecule has 0 heterocycles. The van der Waals surface area contributed by atoms with Crippen molar-refractivity contribution >= 4 is 12.2 Å². The third-order valence-corrected chi connectivity index (χ3v) is 2.34. The van der Waals surface area contributed by atoms with Gasteiger partial charge in [0.1, 0.15) is 6.29 Å². The van der Waals surface area contributed by atoms with Crippen LogP contribution in [0.3, 0.4) is 0 Å². The highest BCUT2D eigenvalue weighted by atomic mass is 16.2. The predicted molar refractivity (Wildman–Crippen MR) is 65.0 cm³/mol. The third-order valence-electron chi connectivity index (χ3n) is 2.34. The summed E-state index contributed by atoms with van der Waals surface area (Å²) >= 11 is 0. The molecule has 1 amide bonds. The van der Waals surface area contributed by atoms with E-state index in [0.29, 0.717) is 25.3 Å². The highest BCUT2D eigenvalue weighted by Gasteiger charge is 2.12. The molecule has 0 saturated carbocycles. The zero-order chi connectivity index (χ0) is 12.4. The maximum Gasteiger partial charge on any atom is 0.220 e. The second-order valence-electron chi connectivity index (χ2n) is 4.54. The highest BCUT2D eigenvalue weighted by molar-refractivity contribution is 5.79. The van der Waals surface area contributed by atoms with E-state index in [9.17, 15) is 9.59 Å². The summed E-state index contributed by atoms with van der Waals surface area (Å²) in [6, 6.07) is -0.331. The molecule has 16 heavy (non-hydrogen) atoms. The van der Waals surface area contributed by atoms with E-state index >= 15 is 0 Å². The highest BCUT2D eigenvalue weighted by Crippen LogP contribution is 2.04. The lowest BCUT2D eigenvalue weighted by Gasteiger charge is -2.14. The van der Waals surface area contributed by atoms with E-state index in [1.807, 2.05) is 13.8 Å². The third kappa shape index (κ3) is 8.41. The van der Waals surface area contributed by atoms with Gasteiger partial charge >= 0.3 is 0 Å². The van der Waals surface area contributed by atoms with Gasteiger partial charge in [0, 0.05) is 6.42 Å². The molecule has 0 radical (unpaired) electrons. The van der Waals surface area contributed by atoms with Crippen LogP contribution in [0.2, 0.25) is 0 Å². The van der Waals surface area contributed by atoms with Gasteiger partial charge < -0.3 is 15.8 Å². The van der Waals surface area contributed by atoms with Crippen molar-refractivity contribution in [2.75, 3.05) is 6.54 Å². The molecule has 0 aliphatic carbocycles. The fraction of sp³-hybridized carbons (Fsp3) is 0.833. The summed E-state index contributed by atoms with van der Waals surface area (Å²) in [7, 11) is 0. The van der Waals surface area contributed by atoms with Gasteiger partial charge in [0.25, 0.3) is 0 Å². The average Bonchev–Trinajstić information content (AvgIpc) is 2.23. The molecule has 0 aliphatic heterocycles. The van der Waals surface area contributed by atoms with Gasteiger partial charge in [-0.1, -0.05) is 20.3 Å². The molecule has 0 saturated heterocycles. The normalized spacial score (nSPS) is 12.5. The van der Waals surface area contributed by atoms with E-state index in [1.165, 1.54) is 0 Å². The fourth-order valence-corrected chi connectivity index (χ4v) is 1.54. The van der Waals surface area contributed by atoms with E-state index in [2.05, 4.69) is 5.32 Å². The topological polar surface area (TPSA) is 72.2 Å². The molecule has 0 aromatic heterocycles. The molecule has 0 bridgehead atoms. The SMILES string of the molecule is CC(C)C[C@@H](C=O)NC(=O)CCCCCN. The molecule has 4 nitrogen and oxygen atoms in total. The van der Waals surface area contributed by atoms with Crippen LogP contribution in [0.15, 0.2) is 0 Å². The molecular weight excluding hydrogens is 204 g/mol. The van der Waals surface area contributed by atoms with Gasteiger partial charge in [0.15, 0.2) is 0 Å². The number of hydrogen-bond donors (Lipinski definition) is 2. The van der Waals surface area contributed by atoms with Gasteiger partial charge in [-0.3, -0.25) is 4.79 Å². The Labute approximate surface area is 98.0 Å². The van der Waals surface area contributed by atoms with Crippen molar-refractivity contribution < 1.29 is 9.59 Å². The Balaban J connectivity index is 3.70. The van der Waals surface area contributed by atoms with Crippen molar-refractivity contribution in [2.24, 2.45) is 11.7 Å². The van der Waals surface area contributed by atoms with Crippen LogP contribution in [-0.2, 0) is 9.59 Å². The molecule has 0 aliphatic rings. The molecule has 0 fully saturated rings. The van der Waals surface area contributed by atoms with Gasteiger partial charge in [0.05, 0.1) is 6.04 Å². The molecule has 0 unspecified atom stereocenters. The Morgan fingerprint density at radius 3 is 2.50 bits per heavy atom. The number of nitrogens with two attached hydrogens (primary N) is 1. The van der Waals surface area contributed by atoms with Crippen molar-refractivity contribution in [3.05, 3.63) is 0 Å². The summed E-state index contributed by atoms with van der Waals surface area (Å²) in [4.78, 5) is 22.2. The van der Waals surface area contributed by atoms with Crippen molar-refractivity contribution in [1.29, 1.82) is 0 Å². The van der Waals surface area contributed by atoms with E-state index in [-0.39, 0.29) is 11.9 Å². The van der Waals surface area contributed by atoms with E-state index < -0.39 is 0 Å². The van der Waals surface area contributed by atoms with Gasteiger partial charge in [0.2, 0.25) is 5.91 Å². The van der Waals surface area contributed by atoms with Gasteiger partial charge in [-0.25, -0.2) is 0 Å². The summed E-state index contributed by atoms with van der Waals surface area (Å²) in [5, 5.41) is 2.74. The molecule has 94 valence electrons. The summed E-state index contributed by atoms with van der Waals surface area (Å²) < 4.78 is 0. The first kappa shape index (κ1) is 15.1.